The summed E-state index contributed by atoms with van der Waals surface area (Å²) in [5, 5.41) is 0. The lowest BCUT2D eigenvalue weighted by atomic mass is 10.1. The second kappa shape index (κ2) is 8.39. The molecule has 0 amide bonds. The molecule has 0 saturated carbocycles. The highest BCUT2D eigenvalue weighted by Crippen LogP contribution is 2.13. The van der Waals surface area contributed by atoms with Crippen molar-refractivity contribution < 1.29 is 4.74 Å². The summed E-state index contributed by atoms with van der Waals surface area (Å²) in [7, 11) is 2.17. The van der Waals surface area contributed by atoms with E-state index in [1.165, 1.54) is 0 Å². The Bertz CT molecular complexity index is 334. The Morgan fingerprint density at radius 2 is 2.00 bits per heavy atom. The van der Waals surface area contributed by atoms with E-state index < -0.39 is 0 Å². The van der Waals surface area contributed by atoms with Crippen molar-refractivity contribution in [3.8, 4) is 0 Å². The van der Waals surface area contributed by atoms with E-state index in [2.05, 4.69) is 28.7 Å². The second-order valence-electron chi connectivity index (χ2n) is 6.30. The minimum atomic E-state index is 0.282. The van der Waals surface area contributed by atoms with Crippen LogP contribution in [0.2, 0.25) is 0 Å². The molecule has 2 aliphatic rings. The number of rotatable bonds is 6. The molecule has 2 atom stereocenters. The van der Waals surface area contributed by atoms with E-state index in [9.17, 15) is 0 Å². The van der Waals surface area contributed by atoms with Crippen molar-refractivity contribution in [2.75, 3.05) is 59.5 Å². The van der Waals surface area contributed by atoms with Gasteiger partial charge < -0.3 is 15.4 Å². The molecule has 0 aromatic heterocycles. The van der Waals surface area contributed by atoms with E-state index in [0.29, 0.717) is 11.1 Å². The first-order valence-corrected chi connectivity index (χ1v) is 8.56. The minimum absolute atomic E-state index is 0.282. The third kappa shape index (κ3) is 5.14. The monoisotopic (exact) mass is 314 g/mol. The van der Waals surface area contributed by atoms with E-state index >= 15 is 0 Å². The fraction of sp³-hybridized carbons (Fsp3) is 0.933. The standard InChI is InChI=1S/C15H30N4OS/c1-3-4-14(15(16)21)19-7-5-18(6-8-19)12-13-11-17(2)9-10-20-13/h13-14H,3-12H2,1-2H3,(H2,16,21). The molecule has 0 radical (unpaired) electrons. The van der Waals surface area contributed by atoms with Gasteiger partial charge in [0.15, 0.2) is 0 Å². The Kier molecular flexibility index (Phi) is 6.82. The fourth-order valence-electron chi connectivity index (χ4n) is 3.30. The van der Waals surface area contributed by atoms with Crippen molar-refractivity contribution in [3.05, 3.63) is 0 Å². The molecule has 0 aliphatic carbocycles. The van der Waals surface area contributed by atoms with E-state index in [4.69, 9.17) is 22.7 Å². The number of likely N-dealkylation sites (N-methyl/N-ethyl adjacent to an activating group) is 1. The van der Waals surface area contributed by atoms with Crippen molar-refractivity contribution in [3.63, 3.8) is 0 Å². The number of morpholine rings is 1. The van der Waals surface area contributed by atoms with Gasteiger partial charge in [0.25, 0.3) is 0 Å². The van der Waals surface area contributed by atoms with Crippen LogP contribution in [0.25, 0.3) is 0 Å². The molecule has 122 valence electrons. The Morgan fingerprint density at radius 1 is 1.29 bits per heavy atom. The maximum Gasteiger partial charge on any atom is 0.0902 e. The van der Waals surface area contributed by atoms with Gasteiger partial charge in [0.1, 0.15) is 0 Å². The second-order valence-corrected chi connectivity index (χ2v) is 6.77. The molecule has 2 N–H and O–H groups in total. The van der Waals surface area contributed by atoms with E-state index in [0.717, 1.165) is 65.3 Å². The first kappa shape index (κ1) is 17.1. The fourth-order valence-corrected chi connectivity index (χ4v) is 3.57. The number of nitrogens with zero attached hydrogens (tertiary/aromatic N) is 3. The molecule has 6 heteroatoms. The number of hydrogen-bond donors (Lipinski definition) is 1. The van der Waals surface area contributed by atoms with Gasteiger partial charge in [-0.05, 0) is 13.5 Å². The summed E-state index contributed by atoms with van der Waals surface area (Å²) in [6.45, 7) is 10.5. The molecule has 2 heterocycles. The van der Waals surface area contributed by atoms with E-state index in [1.807, 2.05) is 0 Å². The number of hydrogen-bond acceptors (Lipinski definition) is 5. The summed E-state index contributed by atoms with van der Waals surface area (Å²) in [6, 6.07) is 0.282. The lowest BCUT2D eigenvalue weighted by Crippen LogP contribution is -2.56. The molecule has 0 spiro atoms. The van der Waals surface area contributed by atoms with Crippen LogP contribution in [0.4, 0.5) is 0 Å². The first-order valence-electron chi connectivity index (χ1n) is 8.16. The highest BCUT2D eigenvalue weighted by molar-refractivity contribution is 7.80. The van der Waals surface area contributed by atoms with Gasteiger partial charge in [-0.1, -0.05) is 25.6 Å². The molecule has 0 bridgehead atoms. The lowest BCUT2D eigenvalue weighted by molar-refractivity contribution is -0.0417. The van der Waals surface area contributed by atoms with Crippen LogP contribution in [-0.2, 0) is 4.74 Å². The van der Waals surface area contributed by atoms with Gasteiger partial charge >= 0.3 is 0 Å². The zero-order valence-electron chi connectivity index (χ0n) is 13.5. The van der Waals surface area contributed by atoms with E-state index in [1.54, 1.807) is 0 Å². The molecule has 5 nitrogen and oxygen atoms in total. The van der Waals surface area contributed by atoms with Crippen LogP contribution < -0.4 is 5.73 Å². The smallest absolute Gasteiger partial charge is 0.0902 e. The van der Waals surface area contributed by atoms with Crippen molar-refractivity contribution in [1.29, 1.82) is 0 Å². The van der Waals surface area contributed by atoms with Gasteiger partial charge in [-0.2, -0.15) is 0 Å². The number of ether oxygens (including phenoxy) is 1. The number of piperazine rings is 1. The number of nitrogens with two attached hydrogens (primary N) is 1. The zero-order chi connectivity index (χ0) is 15.2. The molecule has 2 fully saturated rings. The molecule has 0 aromatic carbocycles. The Labute approximate surface area is 134 Å². The normalized spacial score (nSPS) is 27.6. The molecule has 2 saturated heterocycles. The van der Waals surface area contributed by atoms with Crippen molar-refractivity contribution in [1.82, 2.24) is 14.7 Å². The summed E-state index contributed by atoms with van der Waals surface area (Å²) in [4.78, 5) is 7.98. The van der Waals surface area contributed by atoms with Crippen LogP contribution in [0.15, 0.2) is 0 Å². The van der Waals surface area contributed by atoms with Crippen molar-refractivity contribution in [2.24, 2.45) is 5.73 Å². The summed E-state index contributed by atoms with van der Waals surface area (Å²) < 4.78 is 5.86. The Morgan fingerprint density at radius 3 is 2.57 bits per heavy atom. The van der Waals surface area contributed by atoms with Crippen LogP contribution in [0.1, 0.15) is 19.8 Å². The Hall–Kier alpha value is -0.270. The maximum absolute atomic E-state index is 5.90. The first-order chi connectivity index (χ1) is 10.1. The minimum Gasteiger partial charge on any atom is -0.392 e. The van der Waals surface area contributed by atoms with Gasteiger partial charge in [-0.25, -0.2) is 0 Å². The highest BCUT2D eigenvalue weighted by Gasteiger charge is 2.27. The van der Waals surface area contributed by atoms with Crippen LogP contribution >= 0.6 is 12.2 Å². The molecule has 21 heavy (non-hydrogen) atoms. The van der Waals surface area contributed by atoms with Crippen LogP contribution in [-0.4, -0.2) is 91.3 Å². The Balaban J connectivity index is 1.75. The zero-order valence-corrected chi connectivity index (χ0v) is 14.3. The van der Waals surface area contributed by atoms with Crippen LogP contribution in [0, 0.1) is 0 Å². The van der Waals surface area contributed by atoms with Gasteiger partial charge in [0, 0.05) is 45.8 Å². The average molecular weight is 314 g/mol. The molecule has 2 unspecified atom stereocenters. The van der Waals surface area contributed by atoms with Gasteiger partial charge in [-0.15, -0.1) is 0 Å². The summed E-state index contributed by atoms with van der Waals surface area (Å²) in [6.07, 6.45) is 2.56. The molecule has 0 aromatic rings. The van der Waals surface area contributed by atoms with Gasteiger partial charge in [0.05, 0.1) is 23.7 Å². The predicted molar refractivity (Wildman–Crippen MR) is 90.7 cm³/mol. The summed E-state index contributed by atoms with van der Waals surface area (Å²) in [5.41, 5.74) is 5.90. The van der Waals surface area contributed by atoms with Gasteiger partial charge in [-0.3, -0.25) is 9.80 Å². The maximum atomic E-state index is 5.90. The van der Waals surface area contributed by atoms with Crippen LogP contribution in [0.5, 0.6) is 0 Å². The van der Waals surface area contributed by atoms with E-state index in [-0.39, 0.29) is 6.04 Å². The highest BCUT2D eigenvalue weighted by atomic mass is 32.1. The molecular weight excluding hydrogens is 284 g/mol. The third-order valence-corrected chi connectivity index (χ3v) is 4.81. The van der Waals surface area contributed by atoms with Crippen LogP contribution in [0.3, 0.4) is 0 Å². The third-order valence-electron chi connectivity index (χ3n) is 4.54. The van der Waals surface area contributed by atoms with Crippen molar-refractivity contribution >= 4 is 17.2 Å². The summed E-state index contributed by atoms with van der Waals surface area (Å²) >= 11 is 5.23. The topological polar surface area (TPSA) is 45.0 Å². The molecule has 2 rings (SSSR count). The SMILES string of the molecule is CCCC(C(N)=S)N1CCN(CC2CN(C)CCO2)CC1. The quantitative estimate of drug-likeness (QED) is 0.716. The lowest BCUT2D eigenvalue weighted by Gasteiger charge is -2.41. The molecular formula is C15H30N4OS. The predicted octanol–water partition coefficient (Wildman–Crippen LogP) is 0.389. The largest absolute Gasteiger partial charge is 0.392 e. The number of thiocarbonyl (C=S) groups is 1. The summed E-state index contributed by atoms with van der Waals surface area (Å²) in [5.74, 6) is 0. The van der Waals surface area contributed by atoms with Crippen molar-refractivity contribution in [2.45, 2.75) is 31.9 Å². The molecule has 2 aliphatic heterocycles. The average Bonchev–Trinajstić information content (AvgIpc) is 2.45. The van der Waals surface area contributed by atoms with Gasteiger partial charge in [0.2, 0.25) is 0 Å².